The Labute approximate surface area is 156 Å². The zero-order valence-corrected chi connectivity index (χ0v) is 15.7. The second-order valence-electron chi connectivity index (χ2n) is 5.91. The molecular weight excluding hydrogens is 380 g/mol. The van der Waals surface area contributed by atoms with E-state index in [0.717, 1.165) is 39.7 Å². The van der Waals surface area contributed by atoms with E-state index in [1.54, 1.807) is 6.07 Å². The maximum absolute atomic E-state index is 6.08. The van der Waals surface area contributed by atoms with E-state index in [1.807, 2.05) is 48.5 Å². The van der Waals surface area contributed by atoms with Crippen LogP contribution in [0.15, 0.2) is 59.1 Å². The van der Waals surface area contributed by atoms with Gasteiger partial charge in [-0.1, -0.05) is 24.3 Å². The monoisotopic (exact) mass is 400 g/mol. The Hall–Kier alpha value is -2.27. The van der Waals surface area contributed by atoms with E-state index >= 15 is 0 Å². The van der Waals surface area contributed by atoms with Crippen molar-refractivity contribution < 1.29 is 9.47 Å². The number of anilines is 1. The van der Waals surface area contributed by atoms with Gasteiger partial charge in [-0.2, -0.15) is 0 Å². The second kappa shape index (κ2) is 8.21. The molecular formula is C20H21BrN2O2. The SMILES string of the molecule is CC(CCCOc1ccccc1Br)Oc1cccc2ccc(N)nc12. The number of para-hydroxylation sites is 2. The van der Waals surface area contributed by atoms with Crippen LogP contribution in [0.2, 0.25) is 0 Å². The van der Waals surface area contributed by atoms with E-state index in [0.29, 0.717) is 12.4 Å². The lowest BCUT2D eigenvalue weighted by Gasteiger charge is -2.16. The van der Waals surface area contributed by atoms with Crippen LogP contribution in [-0.4, -0.2) is 17.7 Å². The fourth-order valence-corrected chi connectivity index (χ4v) is 3.02. The summed E-state index contributed by atoms with van der Waals surface area (Å²) < 4.78 is 12.8. The van der Waals surface area contributed by atoms with Gasteiger partial charge in [-0.15, -0.1) is 0 Å². The molecule has 0 aliphatic rings. The third-order valence-electron chi connectivity index (χ3n) is 3.88. The van der Waals surface area contributed by atoms with Crippen LogP contribution in [0.4, 0.5) is 5.82 Å². The summed E-state index contributed by atoms with van der Waals surface area (Å²) in [5, 5.41) is 1.02. The van der Waals surface area contributed by atoms with Crippen molar-refractivity contribution in [2.24, 2.45) is 0 Å². The fourth-order valence-electron chi connectivity index (χ4n) is 2.62. The minimum atomic E-state index is 0.0663. The van der Waals surface area contributed by atoms with E-state index in [1.165, 1.54) is 0 Å². The molecule has 4 nitrogen and oxygen atoms in total. The van der Waals surface area contributed by atoms with Gasteiger partial charge >= 0.3 is 0 Å². The zero-order chi connectivity index (χ0) is 17.6. The van der Waals surface area contributed by atoms with Crippen LogP contribution < -0.4 is 15.2 Å². The maximum Gasteiger partial charge on any atom is 0.146 e. The molecule has 0 amide bonds. The Morgan fingerprint density at radius 2 is 1.84 bits per heavy atom. The topological polar surface area (TPSA) is 57.4 Å². The predicted molar refractivity (Wildman–Crippen MR) is 105 cm³/mol. The first kappa shape index (κ1) is 17.5. The first-order chi connectivity index (χ1) is 12.1. The van der Waals surface area contributed by atoms with Gasteiger partial charge in [0.05, 0.1) is 17.2 Å². The minimum absolute atomic E-state index is 0.0663. The number of hydrogen-bond acceptors (Lipinski definition) is 4. The number of halogens is 1. The molecule has 0 fully saturated rings. The van der Waals surface area contributed by atoms with Gasteiger partial charge in [0.2, 0.25) is 0 Å². The lowest BCUT2D eigenvalue weighted by atomic mass is 10.2. The quantitative estimate of drug-likeness (QED) is 0.553. The van der Waals surface area contributed by atoms with Crippen molar-refractivity contribution >= 4 is 32.7 Å². The molecule has 0 bridgehead atoms. The van der Waals surface area contributed by atoms with E-state index in [2.05, 4.69) is 27.8 Å². The molecule has 0 aliphatic heterocycles. The molecule has 3 aromatic rings. The molecule has 0 saturated heterocycles. The van der Waals surface area contributed by atoms with Gasteiger partial charge in [-0.05, 0) is 66.0 Å². The molecule has 1 aromatic heterocycles. The lowest BCUT2D eigenvalue weighted by Crippen LogP contribution is -2.13. The first-order valence-corrected chi connectivity index (χ1v) is 9.12. The third-order valence-corrected chi connectivity index (χ3v) is 4.54. The van der Waals surface area contributed by atoms with E-state index < -0.39 is 0 Å². The minimum Gasteiger partial charge on any atom is -0.492 e. The molecule has 0 aliphatic carbocycles. The molecule has 1 heterocycles. The van der Waals surface area contributed by atoms with Crippen molar-refractivity contribution in [3.8, 4) is 11.5 Å². The number of hydrogen-bond donors (Lipinski definition) is 1. The first-order valence-electron chi connectivity index (χ1n) is 8.33. The number of aromatic nitrogens is 1. The Kier molecular flexibility index (Phi) is 5.76. The van der Waals surface area contributed by atoms with Crippen molar-refractivity contribution in [2.75, 3.05) is 12.3 Å². The molecule has 5 heteroatoms. The molecule has 0 saturated carbocycles. The van der Waals surface area contributed by atoms with Gasteiger partial charge in [-0.25, -0.2) is 4.98 Å². The molecule has 2 N–H and O–H groups in total. The van der Waals surface area contributed by atoms with Gasteiger partial charge in [-0.3, -0.25) is 0 Å². The van der Waals surface area contributed by atoms with Crippen molar-refractivity contribution in [3.63, 3.8) is 0 Å². The van der Waals surface area contributed by atoms with Gasteiger partial charge in [0.25, 0.3) is 0 Å². The number of benzene rings is 2. The second-order valence-corrected chi connectivity index (χ2v) is 6.77. The Balaban J connectivity index is 1.54. The summed E-state index contributed by atoms with van der Waals surface area (Å²) in [5.74, 6) is 2.13. The van der Waals surface area contributed by atoms with Crippen LogP contribution in [0.25, 0.3) is 10.9 Å². The van der Waals surface area contributed by atoms with Crippen LogP contribution in [0.1, 0.15) is 19.8 Å². The molecule has 25 heavy (non-hydrogen) atoms. The highest BCUT2D eigenvalue weighted by molar-refractivity contribution is 9.10. The highest BCUT2D eigenvalue weighted by Gasteiger charge is 2.09. The van der Waals surface area contributed by atoms with E-state index in [4.69, 9.17) is 15.2 Å². The molecule has 1 unspecified atom stereocenters. The smallest absolute Gasteiger partial charge is 0.146 e. The molecule has 130 valence electrons. The van der Waals surface area contributed by atoms with Gasteiger partial charge in [0.1, 0.15) is 22.8 Å². The average Bonchev–Trinajstić information content (AvgIpc) is 2.61. The Bertz CT molecular complexity index is 854. The summed E-state index contributed by atoms with van der Waals surface area (Å²) in [6, 6.07) is 17.5. The van der Waals surface area contributed by atoms with Crippen LogP contribution in [0, 0.1) is 0 Å². The number of nitrogen functional groups attached to an aromatic ring is 1. The normalized spacial score (nSPS) is 12.1. The summed E-state index contributed by atoms with van der Waals surface area (Å²) in [6.45, 7) is 2.71. The summed E-state index contributed by atoms with van der Waals surface area (Å²) >= 11 is 3.48. The highest BCUT2D eigenvalue weighted by atomic mass is 79.9. The largest absolute Gasteiger partial charge is 0.492 e. The molecule has 2 aromatic carbocycles. The summed E-state index contributed by atoms with van der Waals surface area (Å²) in [5.41, 5.74) is 6.61. The van der Waals surface area contributed by atoms with Gasteiger partial charge < -0.3 is 15.2 Å². The van der Waals surface area contributed by atoms with E-state index in [9.17, 15) is 0 Å². The highest BCUT2D eigenvalue weighted by Crippen LogP contribution is 2.26. The average molecular weight is 401 g/mol. The number of nitrogens with two attached hydrogens (primary N) is 1. The van der Waals surface area contributed by atoms with Crippen LogP contribution in [-0.2, 0) is 0 Å². The Morgan fingerprint density at radius 1 is 1.04 bits per heavy atom. The number of ether oxygens (including phenoxy) is 2. The van der Waals surface area contributed by atoms with Crippen molar-refractivity contribution in [1.29, 1.82) is 0 Å². The zero-order valence-electron chi connectivity index (χ0n) is 14.1. The van der Waals surface area contributed by atoms with Gasteiger partial charge in [0.15, 0.2) is 0 Å². The standard InChI is InChI=1S/C20H21BrN2O2/c1-14(6-5-13-24-17-9-3-2-8-16(17)21)25-18-10-4-7-15-11-12-19(22)23-20(15)18/h2-4,7-12,14H,5-6,13H2,1H3,(H2,22,23). The van der Waals surface area contributed by atoms with Crippen molar-refractivity contribution in [1.82, 2.24) is 4.98 Å². The summed E-state index contributed by atoms with van der Waals surface area (Å²) in [7, 11) is 0. The van der Waals surface area contributed by atoms with Crippen LogP contribution in [0.3, 0.4) is 0 Å². The predicted octanol–water partition coefficient (Wildman–Crippen LogP) is 5.21. The molecule has 3 rings (SSSR count). The molecule has 0 radical (unpaired) electrons. The van der Waals surface area contributed by atoms with E-state index in [-0.39, 0.29) is 6.10 Å². The number of nitrogens with zero attached hydrogens (tertiary/aromatic N) is 1. The number of rotatable bonds is 7. The maximum atomic E-state index is 6.08. The summed E-state index contributed by atoms with van der Waals surface area (Å²) in [4.78, 5) is 4.40. The van der Waals surface area contributed by atoms with Crippen molar-refractivity contribution in [2.45, 2.75) is 25.9 Å². The summed E-state index contributed by atoms with van der Waals surface area (Å²) in [6.07, 6.45) is 1.86. The molecule has 0 spiro atoms. The lowest BCUT2D eigenvalue weighted by molar-refractivity contribution is 0.195. The van der Waals surface area contributed by atoms with Crippen LogP contribution in [0.5, 0.6) is 11.5 Å². The fraction of sp³-hybridized carbons (Fsp3) is 0.250. The Morgan fingerprint density at radius 3 is 2.68 bits per heavy atom. The number of pyridine rings is 1. The third kappa shape index (κ3) is 4.63. The molecule has 1 atom stereocenters. The van der Waals surface area contributed by atoms with Crippen LogP contribution >= 0.6 is 15.9 Å². The van der Waals surface area contributed by atoms with Gasteiger partial charge in [0, 0.05) is 5.39 Å². The number of fused-ring (bicyclic) bond motifs is 1. The van der Waals surface area contributed by atoms with Crippen molar-refractivity contribution in [3.05, 3.63) is 59.1 Å².